The Bertz CT molecular complexity index is 1000. The van der Waals surface area contributed by atoms with Crippen molar-refractivity contribution in [2.45, 2.75) is 37.3 Å². The normalized spacial score (nSPS) is 17.5. The highest BCUT2D eigenvalue weighted by Crippen LogP contribution is 2.34. The van der Waals surface area contributed by atoms with E-state index < -0.39 is 21.8 Å². The molecule has 0 amide bonds. The third kappa shape index (κ3) is 5.05. The molecule has 8 heteroatoms. The van der Waals surface area contributed by atoms with Crippen LogP contribution in [0, 0.1) is 5.92 Å². The molecule has 1 unspecified atom stereocenters. The van der Waals surface area contributed by atoms with Crippen molar-refractivity contribution in [3.63, 3.8) is 0 Å². The second kappa shape index (κ2) is 8.81. The van der Waals surface area contributed by atoms with E-state index in [2.05, 4.69) is 29.2 Å². The molecule has 2 aromatic rings. The number of aryl methyl sites for hydroxylation is 1. The molecule has 1 atom stereocenters. The van der Waals surface area contributed by atoms with Crippen molar-refractivity contribution >= 4 is 15.7 Å². The third-order valence-corrected chi connectivity index (χ3v) is 6.86. The molecule has 162 valence electrons. The van der Waals surface area contributed by atoms with Gasteiger partial charge in [0.1, 0.15) is 0 Å². The van der Waals surface area contributed by atoms with Crippen LogP contribution in [-0.2, 0) is 22.6 Å². The summed E-state index contributed by atoms with van der Waals surface area (Å²) in [5, 5.41) is 0. The molecule has 3 rings (SSSR count). The molecule has 0 fully saturated rings. The summed E-state index contributed by atoms with van der Waals surface area (Å²) in [6.45, 7) is 7.13. The standard InChI is InChI=1S/C22H25F3N2O2S/c1-16-8-9-18-6-3-4-7-21(18)27(17(16)2)15-5-14-26-30(28,29)20-12-10-19(11-13-20)22(23,24)25/h3-4,6-7,10-13,16,26H,2,5,8-9,14-15H2,1H3. The molecule has 30 heavy (non-hydrogen) atoms. The Morgan fingerprint density at radius 3 is 2.47 bits per heavy atom. The summed E-state index contributed by atoms with van der Waals surface area (Å²) in [5.74, 6) is 0.321. The first-order valence-electron chi connectivity index (χ1n) is 9.81. The number of halogens is 3. The van der Waals surface area contributed by atoms with Crippen LogP contribution in [0.3, 0.4) is 0 Å². The molecule has 0 aliphatic carbocycles. The van der Waals surface area contributed by atoms with Crippen molar-refractivity contribution in [2.75, 3.05) is 18.0 Å². The van der Waals surface area contributed by atoms with Gasteiger partial charge in [0, 0.05) is 24.5 Å². The lowest BCUT2D eigenvalue weighted by atomic mass is 10.0. The number of anilines is 1. The van der Waals surface area contributed by atoms with E-state index in [0.717, 1.165) is 48.5 Å². The Kier molecular flexibility index (Phi) is 6.57. The molecule has 0 aromatic heterocycles. The highest BCUT2D eigenvalue weighted by atomic mass is 32.2. The van der Waals surface area contributed by atoms with E-state index in [1.807, 2.05) is 18.2 Å². The zero-order chi connectivity index (χ0) is 21.9. The largest absolute Gasteiger partial charge is 0.416 e. The minimum atomic E-state index is -4.50. The van der Waals surface area contributed by atoms with Crippen LogP contribution in [0.5, 0.6) is 0 Å². The van der Waals surface area contributed by atoms with Crippen molar-refractivity contribution in [3.05, 3.63) is 71.9 Å². The van der Waals surface area contributed by atoms with Gasteiger partial charge in [-0.15, -0.1) is 0 Å². The van der Waals surface area contributed by atoms with E-state index in [1.165, 1.54) is 5.56 Å². The molecule has 0 bridgehead atoms. The Morgan fingerprint density at radius 1 is 1.13 bits per heavy atom. The number of benzene rings is 2. The summed E-state index contributed by atoms with van der Waals surface area (Å²) in [7, 11) is -3.88. The molecule has 2 aromatic carbocycles. The average molecular weight is 439 g/mol. The number of hydrogen-bond donors (Lipinski definition) is 1. The van der Waals surface area contributed by atoms with Crippen LogP contribution in [0.15, 0.2) is 65.7 Å². The number of hydrogen-bond acceptors (Lipinski definition) is 3. The zero-order valence-electron chi connectivity index (χ0n) is 16.7. The summed E-state index contributed by atoms with van der Waals surface area (Å²) in [4.78, 5) is 1.95. The topological polar surface area (TPSA) is 49.4 Å². The van der Waals surface area contributed by atoms with Crippen molar-refractivity contribution in [3.8, 4) is 0 Å². The van der Waals surface area contributed by atoms with Gasteiger partial charge >= 0.3 is 6.18 Å². The van der Waals surface area contributed by atoms with Gasteiger partial charge in [-0.05, 0) is 61.1 Å². The third-order valence-electron chi connectivity index (χ3n) is 5.39. The molecule has 1 N–H and O–H groups in total. The average Bonchev–Trinajstić information content (AvgIpc) is 2.82. The van der Waals surface area contributed by atoms with E-state index in [-0.39, 0.29) is 11.4 Å². The predicted octanol–water partition coefficient (Wildman–Crippen LogP) is 4.98. The predicted molar refractivity (Wildman–Crippen MR) is 112 cm³/mol. The van der Waals surface area contributed by atoms with Crippen LogP contribution in [0.25, 0.3) is 0 Å². The SMILES string of the molecule is C=C1C(C)CCc2ccccc2N1CCCNS(=O)(=O)c1ccc(C(F)(F)F)cc1. The molecule has 0 saturated heterocycles. The van der Waals surface area contributed by atoms with Crippen LogP contribution < -0.4 is 9.62 Å². The van der Waals surface area contributed by atoms with E-state index in [0.29, 0.717) is 18.9 Å². The first-order valence-corrected chi connectivity index (χ1v) is 11.3. The summed E-state index contributed by atoms with van der Waals surface area (Å²) in [5.41, 5.74) is 2.46. The van der Waals surface area contributed by atoms with E-state index in [4.69, 9.17) is 0 Å². The molecule has 4 nitrogen and oxygen atoms in total. The second-order valence-corrected chi connectivity index (χ2v) is 9.25. The molecule has 1 aliphatic heterocycles. The van der Waals surface area contributed by atoms with Gasteiger partial charge in [0.05, 0.1) is 10.5 Å². The highest BCUT2D eigenvalue weighted by Gasteiger charge is 2.30. The van der Waals surface area contributed by atoms with Gasteiger partial charge in [0.25, 0.3) is 0 Å². The van der Waals surface area contributed by atoms with Crippen molar-refractivity contribution < 1.29 is 21.6 Å². The van der Waals surface area contributed by atoms with E-state index in [1.54, 1.807) is 0 Å². The van der Waals surface area contributed by atoms with Crippen LogP contribution in [0.4, 0.5) is 18.9 Å². The number of rotatable bonds is 6. The minimum absolute atomic E-state index is 0.170. The minimum Gasteiger partial charge on any atom is -0.345 e. The van der Waals surface area contributed by atoms with Crippen LogP contribution in [-0.4, -0.2) is 21.5 Å². The number of allylic oxidation sites excluding steroid dienone is 1. The van der Waals surface area contributed by atoms with Crippen molar-refractivity contribution in [1.82, 2.24) is 4.72 Å². The highest BCUT2D eigenvalue weighted by molar-refractivity contribution is 7.89. The van der Waals surface area contributed by atoms with Gasteiger partial charge in [-0.1, -0.05) is 31.7 Å². The Hall–Kier alpha value is -2.32. The lowest BCUT2D eigenvalue weighted by Crippen LogP contribution is -2.30. The quantitative estimate of drug-likeness (QED) is 0.648. The fraction of sp³-hybridized carbons (Fsp3) is 0.364. The molecular weight excluding hydrogens is 413 g/mol. The maximum Gasteiger partial charge on any atom is 0.416 e. The van der Waals surface area contributed by atoms with Gasteiger partial charge in [0.15, 0.2) is 0 Å². The Morgan fingerprint density at radius 2 is 1.80 bits per heavy atom. The fourth-order valence-corrected chi connectivity index (χ4v) is 4.63. The first kappa shape index (κ1) is 22.4. The number of alkyl halides is 3. The molecular formula is C22H25F3N2O2S. The summed E-state index contributed by atoms with van der Waals surface area (Å²) in [6.07, 6.45) is -2.00. The number of para-hydroxylation sites is 1. The van der Waals surface area contributed by atoms with Gasteiger partial charge < -0.3 is 4.90 Å². The van der Waals surface area contributed by atoms with Crippen molar-refractivity contribution in [1.29, 1.82) is 0 Å². The number of fused-ring (bicyclic) bond motifs is 1. The fourth-order valence-electron chi connectivity index (χ4n) is 3.56. The number of sulfonamides is 1. The number of nitrogens with zero attached hydrogens (tertiary/aromatic N) is 1. The smallest absolute Gasteiger partial charge is 0.345 e. The van der Waals surface area contributed by atoms with Crippen LogP contribution in [0.1, 0.15) is 30.9 Å². The molecule has 0 radical (unpaired) electrons. The van der Waals surface area contributed by atoms with Gasteiger partial charge in [0.2, 0.25) is 10.0 Å². The van der Waals surface area contributed by atoms with Gasteiger partial charge in [-0.25, -0.2) is 13.1 Å². The maximum absolute atomic E-state index is 12.7. The summed E-state index contributed by atoms with van der Waals surface area (Å²) < 4.78 is 65.2. The Balaban J connectivity index is 1.63. The molecule has 1 aliphatic rings. The zero-order valence-corrected chi connectivity index (χ0v) is 17.6. The summed E-state index contributed by atoms with van der Waals surface area (Å²) in [6, 6.07) is 11.6. The number of nitrogens with one attached hydrogen (secondary N) is 1. The lowest BCUT2D eigenvalue weighted by molar-refractivity contribution is -0.137. The first-order chi connectivity index (χ1) is 14.1. The molecule has 1 heterocycles. The van der Waals surface area contributed by atoms with Gasteiger partial charge in [-0.2, -0.15) is 13.2 Å². The van der Waals surface area contributed by atoms with Crippen molar-refractivity contribution in [2.24, 2.45) is 5.92 Å². The van der Waals surface area contributed by atoms with Gasteiger partial charge in [-0.3, -0.25) is 0 Å². The Labute approximate surface area is 175 Å². The second-order valence-electron chi connectivity index (χ2n) is 7.48. The van der Waals surface area contributed by atoms with Crippen LogP contribution in [0.2, 0.25) is 0 Å². The lowest BCUT2D eigenvalue weighted by Gasteiger charge is -2.29. The van der Waals surface area contributed by atoms with Crippen LogP contribution >= 0.6 is 0 Å². The maximum atomic E-state index is 12.7. The van der Waals surface area contributed by atoms with E-state index >= 15 is 0 Å². The molecule has 0 saturated carbocycles. The summed E-state index contributed by atoms with van der Waals surface area (Å²) >= 11 is 0. The monoisotopic (exact) mass is 438 g/mol. The molecule has 0 spiro atoms. The van der Waals surface area contributed by atoms with E-state index in [9.17, 15) is 21.6 Å².